The molecule has 0 saturated carbocycles. The SMILES string of the molecule is CNC(=O)CN1CCOCC2(CCCN(C(=O)c3ccccn3)C2)C1. The van der Waals surface area contributed by atoms with E-state index in [1.54, 1.807) is 19.3 Å². The Morgan fingerprint density at radius 2 is 2.20 bits per heavy atom. The number of nitrogens with one attached hydrogen (secondary N) is 1. The highest BCUT2D eigenvalue weighted by atomic mass is 16.5. The summed E-state index contributed by atoms with van der Waals surface area (Å²) in [5, 5.41) is 2.68. The first-order chi connectivity index (χ1) is 12.1. The monoisotopic (exact) mass is 346 g/mol. The molecule has 1 N–H and O–H groups in total. The first-order valence-corrected chi connectivity index (χ1v) is 8.83. The molecule has 3 heterocycles. The number of piperidine rings is 1. The maximum absolute atomic E-state index is 12.8. The third-order valence-electron chi connectivity index (χ3n) is 5.00. The molecule has 1 spiro atoms. The lowest BCUT2D eigenvalue weighted by Gasteiger charge is -2.43. The number of likely N-dealkylation sites (N-methyl/N-ethyl adjacent to an activating group) is 1. The van der Waals surface area contributed by atoms with Crippen molar-refractivity contribution in [2.24, 2.45) is 5.41 Å². The summed E-state index contributed by atoms with van der Waals surface area (Å²) < 4.78 is 5.84. The molecular weight excluding hydrogens is 320 g/mol. The molecule has 0 aromatic carbocycles. The average molecular weight is 346 g/mol. The fourth-order valence-corrected chi connectivity index (χ4v) is 3.78. The van der Waals surface area contributed by atoms with E-state index in [4.69, 9.17) is 4.74 Å². The molecule has 1 atom stereocenters. The molecule has 2 aliphatic rings. The Balaban J connectivity index is 1.71. The van der Waals surface area contributed by atoms with Crippen molar-refractivity contribution in [1.82, 2.24) is 20.1 Å². The Bertz CT molecular complexity index is 610. The zero-order valence-electron chi connectivity index (χ0n) is 14.7. The third kappa shape index (κ3) is 4.35. The minimum atomic E-state index is -0.118. The zero-order valence-corrected chi connectivity index (χ0v) is 14.7. The van der Waals surface area contributed by atoms with E-state index in [-0.39, 0.29) is 17.2 Å². The predicted molar refractivity (Wildman–Crippen MR) is 93.1 cm³/mol. The van der Waals surface area contributed by atoms with Crippen LogP contribution < -0.4 is 5.32 Å². The number of ether oxygens (including phenoxy) is 1. The highest BCUT2D eigenvalue weighted by Gasteiger charge is 2.40. The molecule has 0 radical (unpaired) electrons. The molecule has 0 aliphatic carbocycles. The van der Waals surface area contributed by atoms with E-state index in [0.29, 0.717) is 32.0 Å². The van der Waals surface area contributed by atoms with Gasteiger partial charge < -0.3 is 15.0 Å². The molecule has 7 nitrogen and oxygen atoms in total. The number of aromatic nitrogens is 1. The van der Waals surface area contributed by atoms with Gasteiger partial charge in [-0.25, -0.2) is 0 Å². The predicted octanol–water partition coefficient (Wildman–Crippen LogP) is 0.382. The molecule has 3 rings (SSSR count). The van der Waals surface area contributed by atoms with Crippen molar-refractivity contribution in [3.63, 3.8) is 0 Å². The molecule has 25 heavy (non-hydrogen) atoms. The second-order valence-corrected chi connectivity index (χ2v) is 6.98. The van der Waals surface area contributed by atoms with Crippen LogP contribution in [0.4, 0.5) is 0 Å². The number of hydrogen-bond donors (Lipinski definition) is 1. The van der Waals surface area contributed by atoms with Crippen LogP contribution in [0.3, 0.4) is 0 Å². The van der Waals surface area contributed by atoms with Gasteiger partial charge in [-0.2, -0.15) is 0 Å². The normalized spacial score (nSPS) is 24.8. The van der Waals surface area contributed by atoms with E-state index in [0.717, 1.165) is 32.5 Å². The van der Waals surface area contributed by atoms with Gasteiger partial charge in [-0.15, -0.1) is 0 Å². The van der Waals surface area contributed by atoms with Crippen molar-refractivity contribution >= 4 is 11.8 Å². The van der Waals surface area contributed by atoms with E-state index in [1.807, 2.05) is 17.0 Å². The minimum Gasteiger partial charge on any atom is -0.379 e. The van der Waals surface area contributed by atoms with Crippen LogP contribution in [-0.2, 0) is 9.53 Å². The van der Waals surface area contributed by atoms with Crippen LogP contribution in [0.15, 0.2) is 24.4 Å². The summed E-state index contributed by atoms with van der Waals surface area (Å²) in [5.41, 5.74) is 0.365. The number of likely N-dealkylation sites (tertiary alicyclic amines) is 1. The Morgan fingerprint density at radius 1 is 1.32 bits per heavy atom. The molecule has 1 aromatic rings. The maximum atomic E-state index is 12.8. The molecule has 1 aromatic heterocycles. The van der Waals surface area contributed by atoms with Gasteiger partial charge in [-0.1, -0.05) is 6.07 Å². The Morgan fingerprint density at radius 3 is 2.96 bits per heavy atom. The van der Waals surface area contributed by atoms with Crippen LogP contribution >= 0.6 is 0 Å². The van der Waals surface area contributed by atoms with Crippen molar-refractivity contribution in [1.29, 1.82) is 0 Å². The summed E-state index contributed by atoms with van der Waals surface area (Å²) in [6, 6.07) is 5.40. The quantitative estimate of drug-likeness (QED) is 0.857. The average Bonchev–Trinajstić information content (AvgIpc) is 2.83. The number of nitrogens with zero attached hydrogens (tertiary/aromatic N) is 3. The highest BCUT2D eigenvalue weighted by Crippen LogP contribution is 2.33. The number of pyridine rings is 1. The smallest absolute Gasteiger partial charge is 0.272 e. The molecule has 7 heteroatoms. The fourth-order valence-electron chi connectivity index (χ4n) is 3.78. The number of amides is 2. The molecule has 1 unspecified atom stereocenters. The Hall–Kier alpha value is -1.99. The standard InChI is InChI=1S/C18H26N4O3/c1-19-16(23)11-21-9-10-25-14-18(12-21)6-4-8-22(13-18)17(24)15-5-2-3-7-20-15/h2-3,5,7H,4,6,8-14H2,1H3,(H,19,23). The topological polar surface area (TPSA) is 74.8 Å². The van der Waals surface area contributed by atoms with Gasteiger partial charge in [-0.05, 0) is 25.0 Å². The van der Waals surface area contributed by atoms with Crippen molar-refractivity contribution in [3.05, 3.63) is 30.1 Å². The maximum Gasteiger partial charge on any atom is 0.272 e. The number of carbonyl (C=O) groups excluding carboxylic acids is 2. The summed E-state index contributed by atoms with van der Waals surface area (Å²) in [4.78, 5) is 32.7. The second kappa shape index (κ2) is 7.93. The Kier molecular flexibility index (Phi) is 5.65. The lowest BCUT2D eigenvalue weighted by molar-refractivity contribution is -0.122. The number of carbonyl (C=O) groups is 2. The lowest BCUT2D eigenvalue weighted by Crippen LogP contribution is -2.53. The van der Waals surface area contributed by atoms with Crippen molar-refractivity contribution in [2.45, 2.75) is 12.8 Å². The van der Waals surface area contributed by atoms with Crippen LogP contribution in [0, 0.1) is 5.41 Å². The Labute approximate surface area is 148 Å². The molecular formula is C18H26N4O3. The minimum absolute atomic E-state index is 0.00859. The first kappa shape index (κ1) is 17.8. The number of rotatable bonds is 3. The highest BCUT2D eigenvalue weighted by molar-refractivity contribution is 5.92. The van der Waals surface area contributed by atoms with Gasteiger partial charge in [-0.3, -0.25) is 19.5 Å². The zero-order chi connectivity index (χ0) is 17.7. The van der Waals surface area contributed by atoms with Gasteiger partial charge in [0.25, 0.3) is 5.91 Å². The van der Waals surface area contributed by atoms with E-state index in [1.165, 1.54) is 0 Å². The van der Waals surface area contributed by atoms with Gasteiger partial charge in [0.15, 0.2) is 0 Å². The van der Waals surface area contributed by atoms with Crippen LogP contribution in [0.5, 0.6) is 0 Å². The van der Waals surface area contributed by atoms with E-state index < -0.39 is 0 Å². The summed E-state index contributed by atoms with van der Waals surface area (Å²) in [6.45, 7) is 4.51. The lowest BCUT2D eigenvalue weighted by atomic mass is 9.80. The van der Waals surface area contributed by atoms with Crippen molar-refractivity contribution in [2.75, 3.05) is 53.0 Å². The van der Waals surface area contributed by atoms with Crippen LogP contribution in [0.25, 0.3) is 0 Å². The largest absolute Gasteiger partial charge is 0.379 e. The summed E-state index contributed by atoms with van der Waals surface area (Å²) in [7, 11) is 1.65. The van der Waals surface area contributed by atoms with Gasteiger partial charge >= 0.3 is 0 Å². The van der Waals surface area contributed by atoms with Gasteiger partial charge in [0.05, 0.1) is 19.8 Å². The van der Waals surface area contributed by atoms with Crippen LogP contribution in [0.2, 0.25) is 0 Å². The van der Waals surface area contributed by atoms with Gasteiger partial charge in [0.2, 0.25) is 5.91 Å². The number of hydrogen-bond acceptors (Lipinski definition) is 5. The summed E-state index contributed by atoms with van der Waals surface area (Å²) in [6.07, 6.45) is 3.59. The van der Waals surface area contributed by atoms with Gasteiger partial charge in [0.1, 0.15) is 5.69 Å². The van der Waals surface area contributed by atoms with Crippen molar-refractivity contribution < 1.29 is 14.3 Å². The van der Waals surface area contributed by atoms with Crippen molar-refractivity contribution in [3.8, 4) is 0 Å². The van der Waals surface area contributed by atoms with Gasteiger partial charge in [0, 0.05) is 44.8 Å². The van der Waals surface area contributed by atoms with Crippen LogP contribution in [-0.4, -0.2) is 79.6 Å². The summed E-state index contributed by atoms with van der Waals surface area (Å²) in [5.74, 6) is -0.0175. The van der Waals surface area contributed by atoms with E-state index >= 15 is 0 Å². The molecule has 136 valence electrons. The third-order valence-corrected chi connectivity index (χ3v) is 5.00. The van der Waals surface area contributed by atoms with E-state index in [2.05, 4.69) is 15.2 Å². The molecule has 2 amide bonds. The van der Waals surface area contributed by atoms with E-state index in [9.17, 15) is 9.59 Å². The van der Waals surface area contributed by atoms with Crippen LogP contribution in [0.1, 0.15) is 23.3 Å². The first-order valence-electron chi connectivity index (χ1n) is 8.83. The molecule has 2 aliphatic heterocycles. The molecule has 2 fully saturated rings. The molecule has 2 saturated heterocycles. The summed E-state index contributed by atoms with van der Waals surface area (Å²) >= 11 is 0. The fraction of sp³-hybridized carbons (Fsp3) is 0.611. The molecule has 0 bridgehead atoms. The second-order valence-electron chi connectivity index (χ2n) is 6.98.